The van der Waals surface area contributed by atoms with Gasteiger partial charge in [0.15, 0.2) is 0 Å². The van der Waals surface area contributed by atoms with Crippen LogP contribution in [-0.2, 0) is 9.53 Å². The van der Waals surface area contributed by atoms with Crippen LogP contribution < -0.4 is 5.32 Å². The topological polar surface area (TPSA) is 78.9 Å². The van der Waals surface area contributed by atoms with E-state index >= 15 is 0 Å². The minimum atomic E-state index is -0.891. The van der Waals surface area contributed by atoms with Gasteiger partial charge in [-0.15, -0.1) is 0 Å². The summed E-state index contributed by atoms with van der Waals surface area (Å²) in [5.74, 6) is -0.884. The van der Waals surface area contributed by atoms with Crippen molar-refractivity contribution in [3.63, 3.8) is 0 Å². The van der Waals surface area contributed by atoms with Crippen molar-refractivity contribution in [3.8, 4) is 0 Å². The molecule has 1 aliphatic rings. The van der Waals surface area contributed by atoms with E-state index in [9.17, 15) is 9.59 Å². The standard InChI is InChI=1S/C15H28N2O4/c1-10(2)7-13-8-12(5-6-21-13)16-15(20)17(4)9-11(3)14(18)19/h10-13H,5-9H2,1-4H3,(H,16,20)(H,18,19). The molecule has 2 amide bonds. The molecule has 21 heavy (non-hydrogen) atoms. The van der Waals surface area contributed by atoms with Gasteiger partial charge in [-0.3, -0.25) is 4.79 Å². The van der Waals surface area contributed by atoms with Crippen molar-refractivity contribution in [2.45, 2.75) is 52.2 Å². The summed E-state index contributed by atoms with van der Waals surface area (Å²) in [6.45, 7) is 6.79. The van der Waals surface area contributed by atoms with E-state index < -0.39 is 11.9 Å². The number of amides is 2. The molecule has 1 saturated heterocycles. The molecular formula is C15H28N2O4. The number of nitrogens with zero attached hydrogens (tertiary/aromatic N) is 1. The van der Waals surface area contributed by atoms with Gasteiger partial charge in [0.2, 0.25) is 0 Å². The predicted molar refractivity (Wildman–Crippen MR) is 80.2 cm³/mol. The zero-order valence-corrected chi connectivity index (χ0v) is 13.5. The molecule has 1 rings (SSSR count). The Morgan fingerprint density at radius 2 is 2.05 bits per heavy atom. The second-order valence-corrected chi connectivity index (χ2v) is 6.41. The predicted octanol–water partition coefficient (Wildman–Crippen LogP) is 1.94. The van der Waals surface area contributed by atoms with Gasteiger partial charge in [-0.25, -0.2) is 4.79 Å². The van der Waals surface area contributed by atoms with Crippen molar-refractivity contribution in [2.75, 3.05) is 20.2 Å². The Morgan fingerprint density at radius 1 is 1.38 bits per heavy atom. The summed E-state index contributed by atoms with van der Waals surface area (Å²) < 4.78 is 5.71. The molecule has 6 heteroatoms. The molecule has 2 N–H and O–H groups in total. The Labute approximate surface area is 126 Å². The summed E-state index contributed by atoms with van der Waals surface area (Å²) in [5, 5.41) is 11.9. The van der Waals surface area contributed by atoms with Crippen LogP contribution >= 0.6 is 0 Å². The minimum absolute atomic E-state index is 0.109. The molecule has 0 aliphatic carbocycles. The van der Waals surface area contributed by atoms with E-state index in [1.807, 2.05) is 0 Å². The zero-order chi connectivity index (χ0) is 16.0. The van der Waals surface area contributed by atoms with Gasteiger partial charge in [-0.05, 0) is 25.2 Å². The van der Waals surface area contributed by atoms with Crippen molar-refractivity contribution < 1.29 is 19.4 Å². The first-order valence-corrected chi connectivity index (χ1v) is 7.65. The molecular weight excluding hydrogens is 272 g/mol. The smallest absolute Gasteiger partial charge is 0.317 e. The fraction of sp³-hybridized carbons (Fsp3) is 0.867. The highest BCUT2D eigenvalue weighted by molar-refractivity contribution is 5.76. The van der Waals surface area contributed by atoms with Crippen molar-refractivity contribution >= 4 is 12.0 Å². The average Bonchev–Trinajstić information content (AvgIpc) is 2.37. The van der Waals surface area contributed by atoms with Gasteiger partial charge < -0.3 is 20.1 Å². The number of carboxylic acid groups (broad SMARTS) is 1. The normalized spacial score (nSPS) is 23.7. The number of nitrogens with one attached hydrogen (secondary N) is 1. The third kappa shape index (κ3) is 6.33. The van der Waals surface area contributed by atoms with Crippen molar-refractivity contribution in [1.29, 1.82) is 0 Å². The van der Waals surface area contributed by atoms with Gasteiger partial charge in [0.05, 0.1) is 12.0 Å². The van der Waals surface area contributed by atoms with Crippen LogP contribution in [0, 0.1) is 11.8 Å². The van der Waals surface area contributed by atoms with Gasteiger partial charge in [0.25, 0.3) is 0 Å². The van der Waals surface area contributed by atoms with E-state index in [2.05, 4.69) is 19.2 Å². The van der Waals surface area contributed by atoms with E-state index in [1.165, 1.54) is 4.90 Å². The molecule has 3 atom stereocenters. The van der Waals surface area contributed by atoms with Crippen LogP contribution in [0.1, 0.15) is 40.0 Å². The Kier molecular flexibility index (Phi) is 6.95. The summed E-state index contributed by atoms with van der Waals surface area (Å²) in [7, 11) is 1.62. The number of urea groups is 1. The highest BCUT2D eigenvalue weighted by Gasteiger charge is 2.26. The summed E-state index contributed by atoms with van der Waals surface area (Å²) >= 11 is 0. The molecule has 0 aromatic rings. The third-order valence-corrected chi connectivity index (χ3v) is 3.75. The lowest BCUT2D eigenvalue weighted by atomic mass is 9.96. The van der Waals surface area contributed by atoms with E-state index in [1.54, 1.807) is 14.0 Å². The number of rotatable bonds is 6. The monoisotopic (exact) mass is 300 g/mol. The number of hydrogen-bond acceptors (Lipinski definition) is 3. The van der Waals surface area contributed by atoms with Crippen molar-refractivity contribution in [1.82, 2.24) is 10.2 Å². The number of carbonyl (C=O) groups excluding carboxylic acids is 1. The minimum Gasteiger partial charge on any atom is -0.481 e. The Hall–Kier alpha value is -1.30. The maximum atomic E-state index is 12.1. The Morgan fingerprint density at radius 3 is 2.62 bits per heavy atom. The second kappa shape index (κ2) is 8.22. The highest BCUT2D eigenvalue weighted by atomic mass is 16.5. The summed E-state index contributed by atoms with van der Waals surface area (Å²) in [6.07, 6.45) is 2.83. The Balaban J connectivity index is 2.41. The Bertz CT molecular complexity index is 360. The molecule has 1 fully saturated rings. The summed E-state index contributed by atoms with van der Waals surface area (Å²) in [4.78, 5) is 24.3. The van der Waals surface area contributed by atoms with Crippen LogP contribution in [0.15, 0.2) is 0 Å². The maximum absolute atomic E-state index is 12.1. The lowest BCUT2D eigenvalue weighted by molar-refractivity contribution is -0.141. The van der Waals surface area contributed by atoms with E-state index in [-0.39, 0.29) is 24.7 Å². The average molecular weight is 300 g/mol. The molecule has 0 aromatic carbocycles. The van der Waals surface area contributed by atoms with Gasteiger partial charge in [0, 0.05) is 26.2 Å². The fourth-order valence-corrected chi connectivity index (χ4v) is 2.56. The first-order valence-electron chi connectivity index (χ1n) is 7.65. The van der Waals surface area contributed by atoms with Gasteiger partial charge >= 0.3 is 12.0 Å². The van der Waals surface area contributed by atoms with Crippen LogP contribution in [-0.4, -0.2) is 54.4 Å². The number of aliphatic carboxylic acids is 1. The number of ether oxygens (including phenoxy) is 1. The molecule has 3 unspecified atom stereocenters. The number of carboxylic acids is 1. The molecule has 6 nitrogen and oxygen atoms in total. The number of hydrogen-bond donors (Lipinski definition) is 2. The van der Waals surface area contributed by atoms with Crippen molar-refractivity contribution in [2.24, 2.45) is 11.8 Å². The van der Waals surface area contributed by atoms with Crippen LogP contribution in [0.3, 0.4) is 0 Å². The van der Waals surface area contributed by atoms with Crippen LogP contribution in [0.4, 0.5) is 4.79 Å². The summed E-state index contributed by atoms with van der Waals surface area (Å²) in [5.41, 5.74) is 0. The van der Waals surface area contributed by atoms with Crippen LogP contribution in [0.5, 0.6) is 0 Å². The molecule has 0 aromatic heterocycles. The largest absolute Gasteiger partial charge is 0.481 e. The molecule has 0 spiro atoms. The number of carbonyl (C=O) groups is 2. The first kappa shape index (κ1) is 17.8. The highest BCUT2D eigenvalue weighted by Crippen LogP contribution is 2.20. The van der Waals surface area contributed by atoms with E-state index in [0.29, 0.717) is 12.5 Å². The first-order chi connectivity index (χ1) is 9.79. The van der Waals surface area contributed by atoms with Gasteiger partial charge in [-0.2, -0.15) is 0 Å². The van der Waals surface area contributed by atoms with E-state index in [4.69, 9.17) is 9.84 Å². The maximum Gasteiger partial charge on any atom is 0.317 e. The second-order valence-electron chi connectivity index (χ2n) is 6.41. The van der Waals surface area contributed by atoms with Gasteiger partial charge in [-0.1, -0.05) is 20.8 Å². The molecule has 1 heterocycles. The van der Waals surface area contributed by atoms with E-state index in [0.717, 1.165) is 19.3 Å². The fourth-order valence-electron chi connectivity index (χ4n) is 2.56. The lowest BCUT2D eigenvalue weighted by Gasteiger charge is -2.32. The zero-order valence-electron chi connectivity index (χ0n) is 13.5. The van der Waals surface area contributed by atoms with Crippen LogP contribution in [0.25, 0.3) is 0 Å². The molecule has 0 bridgehead atoms. The van der Waals surface area contributed by atoms with Crippen molar-refractivity contribution in [3.05, 3.63) is 0 Å². The van der Waals surface area contributed by atoms with Crippen LogP contribution in [0.2, 0.25) is 0 Å². The molecule has 1 aliphatic heterocycles. The molecule has 0 saturated carbocycles. The third-order valence-electron chi connectivity index (χ3n) is 3.75. The quantitative estimate of drug-likeness (QED) is 0.786. The van der Waals surface area contributed by atoms with Gasteiger partial charge in [0.1, 0.15) is 0 Å². The lowest BCUT2D eigenvalue weighted by Crippen LogP contribution is -2.48. The molecule has 122 valence electrons. The summed E-state index contributed by atoms with van der Waals surface area (Å²) in [6, 6.07) is -0.101. The molecule has 0 radical (unpaired) electrons. The SMILES string of the molecule is CC(C)CC1CC(NC(=O)N(C)CC(C)C(=O)O)CCO1.